The van der Waals surface area contributed by atoms with Crippen LogP contribution < -0.4 is 4.90 Å². The number of aromatic nitrogens is 1. The highest BCUT2D eigenvalue weighted by molar-refractivity contribution is 5.84. The van der Waals surface area contributed by atoms with Crippen molar-refractivity contribution in [3.05, 3.63) is 35.9 Å². The summed E-state index contributed by atoms with van der Waals surface area (Å²) in [6.45, 7) is 6.68. The van der Waals surface area contributed by atoms with Crippen LogP contribution >= 0.6 is 0 Å². The van der Waals surface area contributed by atoms with Crippen LogP contribution in [0.1, 0.15) is 26.3 Å². The van der Waals surface area contributed by atoms with Gasteiger partial charge in [0.05, 0.1) is 5.52 Å². The monoisotopic (exact) mass is 228 g/mol. The second-order valence-corrected chi connectivity index (χ2v) is 5.69. The molecule has 1 aromatic carbocycles. The third kappa shape index (κ3) is 2.26. The van der Waals surface area contributed by atoms with Gasteiger partial charge in [0, 0.05) is 19.5 Å². The molecule has 17 heavy (non-hydrogen) atoms. The Labute approximate surface area is 103 Å². The van der Waals surface area contributed by atoms with Crippen molar-refractivity contribution in [2.75, 3.05) is 19.0 Å². The van der Waals surface area contributed by atoms with Crippen molar-refractivity contribution in [1.82, 2.24) is 4.98 Å². The van der Waals surface area contributed by atoms with Gasteiger partial charge in [-0.3, -0.25) is 0 Å². The van der Waals surface area contributed by atoms with Gasteiger partial charge < -0.3 is 4.90 Å². The molecule has 0 atom stereocenters. The Morgan fingerprint density at radius 3 is 2.29 bits per heavy atom. The Morgan fingerprint density at radius 2 is 1.71 bits per heavy atom. The molecule has 2 aromatic rings. The minimum atomic E-state index is 0.122. The van der Waals surface area contributed by atoms with Crippen LogP contribution in [0.5, 0.6) is 0 Å². The van der Waals surface area contributed by atoms with E-state index in [9.17, 15) is 0 Å². The summed E-state index contributed by atoms with van der Waals surface area (Å²) in [6.07, 6.45) is 0. The number of hydrogen-bond donors (Lipinski definition) is 0. The standard InChI is InChI=1S/C15H20N2/c1-15(2,3)12-8-6-7-11-9-10-13(17(4)5)16-14(11)12/h6-10H,1-5H3. The summed E-state index contributed by atoms with van der Waals surface area (Å²) in [5, 5.41) is 1.21. The van der Waals surface area contributed by atoms with E-state index in [-0.39, 0.29) is 5.41 Å². The van der Waals surface area contributed by atoms with E-state index in [2.05, 4.69) is 51.1 Å². The first-order chi connectivity index (χ1) is 7.89. The van der Waals surface area contributed by atoms with Gasteiger partial charge in [0.2, 0.25) is 0 Å². The average Bonchev–Trinajstić information content (AvgIpc) is 2.26. The molecule has 2 rings (SSSR count). The Balaban J connectivity index is 2.73. The van der Waals surface area contributed by atoms with E-state index >= 15 is 0 Å². The van der Waals surface area contributed by atoms with E-state index in [1.807, 2.05) is 19.0 Å². The van der Waals surface area contributed by atoms with Crippen LogP contribution in [-0.2, 0) is 5.41 Å². The molecule has 90 valence electrons. The van der Waals surface area contributed by atoms with Crippen LogP contribution in [0.25, 0.3) is 10.9 Å². The van der Waals surface area contributed by atoms with Gasteiger partial charge in [-0.2, -0.15) is 0 Å². The lowest BCUT2D eigenvalue weighted by Gasteiger charge is -2.21. The SMILES string of the molecule is CN(C)c1ccc2cccc(C(C)(C)C)c2n1. The summed E-state index contributed by atoms with van der Waals surface area (Å²) in [5.41, 5.74) is 2.54. The number of para-hydroxylation sites is 1. The second-order valence-electron chi connectivity index (χ2n) is 5.69. The predicted octanol–water partition coefficient (Wildman–Crippen LogP) is 3.60. The maximum atomic E-state index is 4.77. The summed E-state index contributed by atoms with van der Waals surface area (Å²) in [5.74, 6) is 1.01. The Morgan fingerprint density at radius 1 is 1.00 bits per heavy atom. The maximum Gasteiger partial charge on any atom is 0.128 e. The van der Waals surface area contributed by atoms with Gasteiger partial charge >= 0.3 is 0 Å². The van der Waals surface area contributed by atoms with Gasteiger partial charge in [-0.05, 0) is 23.1 Å². The van der Waals surface area contributed by atoms with Crippen LogP contribution in [-0.4, -0.2) is 19.1 Å². The predicted molar refractivity (Wildman–Crippen MR) is 74.8 cm³/mol. The fourth-order valence-corrected chi connectivity index (χ4v) is 1.99. The van der Waals surface area contributed by atoms with Crippen molar-refractivity contribution in [2.45, 2.75) is 26.2 Å². The zero-order valence-corrected chi connectivity index (χ0v) is 11.3. The molecule has 2 heteroatoms. The first-order valence-electron chi connectivity index (χ1n) is 5.97. The molecule has 0 saturated heterocycles. The summed E-state index contributed by atoms with van der Waals surface area (Å²) in [7, 11) is 4.04. The van der Waals surface area contributed by atoms with E-state index in [0.717, 1.165) is 11.3 Å². The smallest absolute Gasteiger partial charge is 0.128 e. The van der Waals surface area contributed by atoms with Crippen molar-refractivity contribution >= 4 is 16.7 Å². The van der Waals surface area contributed by atoms with E-state index in [0.29, 0.717) is 0 Å². The first kappa shape index (κ1) is 11.9. The fraction of sp³-hybridized carbons (Fsp3) is 0.400. The summed E-state index contributed by atoms with van der Waals surface area (Å²) in [4.78, 5) is 6.81. The van der Waals surface area contributed by atoms with E-state index in [1.54, 1.807) is 0 Å². The largest absolute Gasteiger partial charge is 0.363 e. The molecule has 0 bridgehead atoms. The molecule has 2 nitrogen and oxygen atoms in total. The minimum Gasteiger partial charge on any atom is -0.363 e. The minimum absolute atomic E-state index is 0.122. The highest BCUT2D eigenvalue weighted by Gasteiger charge is 2.17. The lowest BCUT2D eigenvalue weighted by molar-refractivity contribution is 0.594. The van der Waals surface area contributed by atoms with Crippen molar-refractivity contribution in [3.8, 4) is 0 Å². The summed E-state index contributed by atoms with van der Waals surface area (Å²) >= 11 is 0. The van der Waals surface area contributed by atoms with Gasteiger partial charge in [0.1, 0.15) is 5.82 Å². The molecule has 0 aliphatic heterocycles. The number of rotatable bonds is 1. The number of anilines is 1. The normalized spacial score (nSPS) is 11.8. The molecule has 0 aliphatic rings. The van der Waals surface area contributed by atoms with Crippen molar-refractivity contribution in [2.24, 2.45) is 0 Å². The molecule has 0 saturated carbocycles. The van der Waals surface area contributed by atoms with E-state index in [1.165, 1.54) is 10.9 Å². The molecule has 0 fully saturated rings. The van der Waals surface area contributed by atoms with Crippen LogP contribution in [0.15, 0.2) is 30.3 Å². The number of pyridine rings is 1. The van der Waals surface area contributed by atoms with Gasteiger partial charge in [0.15, 0.2) is 0 Å². The Bertz CT molecular complexity index is 536. The molecule has 0 spiro atoms. The van der Waals surface area contributed by atoms with Gasteiger partial charge in [-0.1, -0.05) is 39.0 Å². The molecule has 1 heterocycles. The van der Waals surface area contributed by atoms with Gasteiger partial charge in [-0.15, -0.1) is 0 Å². The van der Waals surface area contributed by atoms with Crippen LogP contribution in [0.3, 0.4) is 0 Å². The van der Waals surface area contributed by atoms with Crippen LogP contribution in [0.4, 0.5) is 5.82 Å². The highest BCUT2D eigenvalue weighted by Crippen LogP contribution is 2.29. The van der Waals surface area contributed by atoms with Crippen molar-refractivity contribution in [3.63, 3.8) is 0 Å². The Kier molecular flexibility index (Phi) is 2.82. The van der Waals surface area contributed by atoms with Gasteiger partial charge in [-0.25, -0.2) is 4.98 Å². The summed E-state index contributed by atoms with van der Waals surface area (Å²) in [6, 6.07) is 10.6. The first-order valence-corrected chi connectivity index (χ1v) is 5.97. The lowest BCUT2D eigenvalue weighted by Crippen LogP contribution is -2.14. The van der Waals surface area contributed by atoms with Crippen LogP contribution in [0.2, 0.25) is 0 Å². The summed E-state index contributed by atoms with van der Waals surface area (Å²) < 4.78 is 0. The van der Waals surface area contributed by atoms with Crippen molar-refractivity contribution in [1.29, 1.82) is 0 Å². The fourth-order valence-electron chi connectivity index (χ4n) is 1.99. The number of benzene rings is 1. The number of hydrogen-bond acceptors (Lipinski definition) is 2. The zero-order valence-electron chi connectivity index (χ0n) is 11.3. The molecule has 0 unspecified atom stereocenters. The lowest BCUT2D eigenvalue weighted by atomic mass is 9.85. The Hall–Kier alpha value is -1.57. The number of fused-ring (bicyclic) bond motifs is 1. The molecule has 0 radical (unpaired) electrons. The molecular weight excluding hydrogens is 208 g/mol. The van der Waals surface area contributed by atoms with E-state index in [4.69, 9.17) is 4.98 Å². The van der Waals surface area contributed by atoms with E-state index < -0.39 is 0 Å². The second kappa shape index (κ2) is 4.02. The van der Waals surface area contributed by atoms with Crippen LogP contribution in [0, 0.1) is 0 Å². The topological polar surface area (TPSA) is 16.1 Å². The quantitative estimate of drug-likeness (QED) is 0.741. The van der Waals surface area contributed by atoms with Crippen molar-refractivity contribution < 1.29 is 0 Å². The number of nitrogens with zero attached hydrogens (tertiary/aromatic N) is 2. The molecule has 0 amide bonds. The molecule has 1 aromatic heterocycles. The average molecular weight is 228 g/mol. The maximum absolute atomic E-state index is 4.77. The third-order valence-corrected chi connectivity index (χ3v) is 2.97. The zero-order chi connectivity index (χ0) is 12.6. The molecular formula is C15H20N2. The molecule has 0 aliphatic carbocycles. The van der Waals surface area contributed by atoms with Gasteiger partial charge in [0.25, 0.3) is 0 Å². The highest BCUT2D eigenvalue weighted by atomic mass is 15.1. The third-order valence-electron chi connectivity index (χ3n) is 2.97. The molecule has 0 N–H and O–H groups in total.